The summed E-state index contributed by atoms with van der Waals surface area (Å²) in [6.07, 6.45) is 6.97. The maximum atomic E-state index is 12.9. The van der Waals surface area contributed by atoms with Crippen LogP contribution in [0.1, 0.15) is 82.3 Å². The van der Waals surface area contributed by atoms with Crippen LogP contribution in [-0.4, -0.2) is 31.8 Å². The Labute approximate surface area is 215 Å². The molecule has 0 aliphatic rings. The molecule has 2 aromatic carbocycles. The molecular formula is C30H40O6. The maximum absolute atomic E-state index is 12.9. The number of ether oxygens (including phenoxy) is 4. The SMILES string of the molecule is CCCOc1ccc(CCC)c(OCCC)c1C=CC(=O)c1ccc(OCOC(=O)C(C)(C)C)cc1. The lowest BCUT2D eigenvalue weighted by Gasteiger charge is -2.17. The van der Waals surface area contributed by atoms with E-state index in [0.717, 1.165) is 42.6 Å². The fraction of sp³-hybridized carbons (Fsp3) is 0.467. The van der Waals surface area contributed by atoms with Crippen molar-refractivity contribution in [2.24, 2.45) is 5.41 Å². The van der Waals surface area contributed by atoms with Crippen molar-refractivity contribution in [1.29, 1.82) is 0 Å². The molecule has 0 aromatic heterocycles. The molecule has 0 spiro atoms. The third kappa shape index (κ3) is 8.74. The summed E-state index contributed by atoms with van der Waals surface area (Å²) in [5.41, 5.74) is 1.82. The van der Waals surface area contributed by atoms with Gasteiger partial charge in [0.1, 0.15) is 17.2 Å². The Balaban J connectivity index is 2.19. The quantitative estimate of drug-likeness (QED) is 0.121. The Hall–Kier alpha value is -3.28. The molecule has 2 rings (SSSR count). The summed E-state index contributed by atoms with van der Waals surface area (Å²) < 4.78 is 22.7. The van der Waals surface area contributed by atoms with Gasteiger partial charge in [-0.15, -0.1) is 0 Å². The van der Waals surface area contributed by atoms with Gasteiger partial charge in [-0.05, 0) is 88.1 Å². The van der Waals surface area contributed by atoms with Crippen molar-refractivity contribution in [1.82, 2.24) is 0 Å². The first-order valence-electron chi connectivity index (χ1n) is 12.7. The molecule has 6 heteroatoms. The summed E-state index contributed by atoms with van der Waals surface area (Å²) in [5.74, 6) is 1.51. The highest BCUT2D eigenvalue weighted by Gasteiger charge is 2.23. The number of carbonyl (C=O) groups is 2. The Morgan fingerprint density at radius 3 is 2.11 bits per heavy atom. The maximum Gasteiger partial charge on any atom is 0.314 e. The number of hydrogen-bond donors (Lipinski definition) is 0. The fourth-order valence-corrected chi connectivity index (χ4v) is 3.30. The van der Waals surface area contributed by atoms with E-state index in [1.807, 2.05) is 6.07 Å². The van der Waals surface area contributed by atoms with Crippen molar-refractivity contribution >= 4 is 17.8 Å². The molecule has 0 radical (unpaired) electrons. The summed E-state index contributed by atoms with van der Waals surface area (Å²) in [5, 5.41) is 0. The summed E-state index contributed by atoms with van der Waals surface area (Å²) in [7, 11) is 0. The lowest BCUT2D eigenvalue weighted by molar-refractivity contribution is -0.159. The van der Waals surface area contributed by atoms with Crippen molar-refractivity contribution in [2.45, 2.75) is 67.2 Å². The van der Waals surface area contributed by atoms with Crippen LogP contribution in [0, 0.1) is 5.41 Å². The third-order valence-corrected chi connectivity index (χ3v) is 5.24. The minimum atomic E-state index is -0.592. The van der Waals surface area contributed by atoms with Crippen LogP contribution in [0.25, 0.3) is 6.08 Å². The van der Waals surface area contributed by atoms with Crippen LogP contribution in [0.15, 0.2) is 42.5 Å². The Morgan fingerprint density at radius 2 is 1.50 bits per heavy atom. The molecule has 0 amide bonds. The third-order valence-electron chi connectivity index (χ3n) is 5.24. The number of allylic oxidation sites excluding steroid dienone is 1. The fourth-order valence-electron chi connectivity index (χ4n) is 3.30. The summed E-state index contributed by atoms with van der Waals surface area (Å²) in [4.78, 5) is 24.8. The minimum Gasteiger partial charge on any atom is -0.493 e. The molecule has 0 fully saturated rings. The van der Waals surface area contributed by atoms with Crippen molar-refractivity contribution in [2.75, 3.05) is 20.0 Å². The molecule has 2 aromatic rings. The average molecular weight is 497 g/mol. The number of benzene rings is 2. The molecule has 0 aliphatic heterocycles. The van der Waals surface area contributed by atoms with E-state index >= 15 is 0 Å². The van der Waals surface area contributed by atoms with Gasteiger partial charge in [-0.3, -0.25) is 9.59 Å². The van der Waals surface area contributed by atoms with Gasteiger partial charge in [-0.1, -0.05) is 33.3 Å². The van der Waals surface area contributed by atoms with Crippen LogP contribution in [-0.2, 0) is 16.0 Å². The first kappa shape index (κ1) is 29.0. The molecule has 36 heavy (non-hydrogen) atoms. The first-order valence-corrected chi connectivity index (χ1v) is 12.7. The molecule has 0 bridgehead atoms. The van der Waals surface area contributed by atoms with E-state index < -0.39 is 5.41 Å². The zero-order valence-corrected chi connectivity index (χ0v) is 22.5. The molecule has 0 heterocycles. The Morgan fingerprint density at radius 1 is 0.833 bits per heavy atom. The van der Waals surface area contributed by atoms with E-state index in [4.69, 9.17) is 18.9 Å². The normalized spacial score (nSPS) is 11.4. The largest absolute Gasteiger partial charge is 0.493 e. The Kier molecular flexibility index (Phi) is 11.5. The number of carbonyl (C=O) groups excluding carboxylic acids is 2. The molecule has 0 aliphatic carbocycles. The van der Waals surface area contributed by atoms with Crippen LogP contribution in [0.3, 0.4) is 0 Å². The van der Waals surface area contributed by atoms with Crippen LogP contribution in [0.2, 0.25) is 0 Å². The number of ketones is 1. The van der Waals surface area contributed by atoms with Gasteiger partial charge in [0.25, 0.3) is 0 Å². The van der Waals surface area contributed by atoms with Crippen LogP contribution in [0.5, 0.6) is 17.2 Å². The van der Waals surface area contributed by atoms with Gasteiger partial charge < -0.3 is 18.9 Å². The highest BCUT2D eigenvalue weighted by atomic mass is 16.7. The number of rotatable bonds is 14. The van der Waals surface area contributed by atoms with Crippen molar-refractivity contribution in [3.63, 3.8) is 0 Å². The molecule has 0 saturated heterocycles. The van der Waals surface area contributed by atoms with Gasteiger partial charge in [0.15, 0.2) is 5.78 Å². The molecule has 196 valence electrons. The molecule has 0 atom stereocenters. The van der Waals surface area contributed by atoms with Crippen molar-refractivity contribution in [3.05, 3.63) is 59.2 Å². The van der Waals surface area contributed by atoms with Crippen LogP contribution in [0.4, 0.5) is 0 Å². The van der Waals surface area contributed by atoms with Gasteiger partial charge in [-0.25, -0.2) is 0 Å². The zero-order chi connectivity index (χ0) is 26.6. The molecule has 0 saturated carbocycles. The topological polar surface area (TPSA) is 71.1 Å². The minimum absolute atomic E-state index is 0.149. The second kappa shape index (κ2) is 14.3. The highest BCUT2D eigenvalue weighted by molar-refractivity contribution is 6.07. The summed E-state index contributed by atoms with van der Waals surface area (Å²) in [6.45, 7) is 12.6. The second-order valence-electron chi connectivity index (χ2n) is 9.58. The molecule has 6 nitrogen and oxygen atoms in total. The lowest BCUT2D eigenvalue weighted by Crippen LogP contribution is -2.24. The standard InChI is InChI=1S/C30H40O6/c1-7-10-23-13-18-27(33-19-8-2)25(28(23)34-20-9-3)16-17-26(31)22-11-14-24(15-12-22)35-21-36-29(32)30(4,5)6/h11-18H,7-10,19-21H2,1-6H3. The predicted octanol–water partition coefficient (Wildman–Crippen LogP) is 7.04. The lowest BCUT2D eigenvalue weighted by atomic mass is 9.98. The van der Waals surface area contributed by atoms with E-state index in [-0.39, 0.29) is 18.5 Å². The molecule has 0 unspecified atom stereocenters. The monoisotopic (exact) mass is 496 g/mol. The first-order chi connectivity index (χ1) is 17.2. The van der Waals surface area contributed by atoms with E-state index in [0.29, 0.717) is 30.3 Å². The van der Waals surface area contributed by atoms with Crippen molar-refractivity contribution in [3.8, 4) is 17.2 Å². The summed E-state index contributed by atoms with van der Waals surface area (Å²) in [6, 6.07) is 10.7. The van der Waals surface area contributed by atoms with Crippen LogP contribution < -0.4 is 14.2 Å². The number of esters is 1. The van der Waals surface area contributed by atoms with Gasteiger partial charge in [0.05, 0.1) is 24.2 Å². The number of aryl methyl sites for hydroxylation is 1. The van der Waals surface area contributed by atoms with E-state index in [9.17, 15) is 9.59 Å². The average Bonchev–Trinajstić information content (AvgIpc) is 2.85. The van der Waals surface area contributed by atoms with Crippen LogP contribution >= 0.6 is 0 Å². The smallest absolute Gasteiger partial charge is 0.314 e. The zero-order valence-electron chi connectivity index (χ0n) is 22.5. The highest BCUT2D eigenvalue weighted by Crippen LogP contribution is 2.35. The second-order valence-corrected chi connectivity index (χ2v) is 9.58. The van der Waals surface area contributed by atoms with Gasteiger partial charge >= 0.3 is 5.97 Å². The molecular weight excluding hydrogens is 456 g/mol. The molecule has 0 N–H and O–H groups in total. The predicted molar refractivity (Wildman–Crippen MR) is 143 cm³/mol. The van der Waals surface area contributed by atoms with Gasteiger partial charge in [-0.2, -0.15) is 0 Å². The van der Waals surface area contributed by atoms with E-state index in [2.05, 4.69) is 26.8 Å². The summed E-state index contributed by atoms with van der Waals surface area (Å²) >= 11 is 0. The van der Waals surface area contributed by atoms with Gasteiger partial charge in [0, 0.05) is 5.56 Å². The van der Waals surface area contributed by atoms with Crippen molar-refractivity contribution < 1.29 is 28.5 Å². The number of hydrogen-bond acceptors (Lipinski definition) is 6. The Bertz CT molecular complexity index is 1010. The van der Waals surface area contributed by atoms with Gasteiger partial charge in [0.2, 0.25) is 6.79 Å². The van der Waals surface area contributed by atoms with E-state index in [1.54, 1.807) is 57.2 Å². The van der Waals surface area contributed by atoms with E-state index in [1.165, 1.54) is 0 Å².